The maximum atomic E-state index is 4.01. The third kappa shape index (κ3) is 13.8. The molecule has 0 aliphatic heterocycles. The van der Waals surface area contributed by atoms with Gasteiger partial charge in [0, 0.05) is 25.7 Å². The molecule has 0 rings (SSSR count). The first-order chi connectivity index (χ1) is 9.29. The second-order valence-electron chi connectivity index (χ2n) is 2.21. The number of nitrogens with zero attached hydrogens (tertiary/aromatic N) is 4. The van der Waals surface area contributed by atoms with Crippen LogP contribution in [-0.2, 0) is 0 Å². The molecule has 0 aromatic carbocycles. The highest BCUT2D eigenvalue weighted by molar-refractivity contribution is 6.43. The van der Waals surface area contributed by atoms with Crippen LogP contribution in [0.3, 0.4) is 0 Å². The van der Waals surface area contributed by atoms with Crippen molar-refractivity contribution in [2.75, 3.05) is 7.05 Å². The van der Waals surface area contributed by atoms with Crippen LogP contribution in [0.4, 0.5) is 0 Å². The van der Waals surface area contributed by atoms with Crippen molar-refractivity contribution in [2.24, 2.45) is 20.0 Å². The standard InChI is InChI=1S/C11H14N4.2C2H6/c1-5-8-14-10(12-4)11(13-7-3)15-9-6-2;2*1-2/h5-9H,1-3H2,4H3;2*1-2H3. The van der Waals surface area contributed by atoms with E-state index < -0.39 is 0 Å². The number of rotatable bonds is 3. The zero-order valence-corrected chi connectivity index (χ0v) is 12.8. The van der Waals surface area contributed by atoms with E-state index in [0.29, 0.717) is 11.7 Å². The highest BCUT2D eigenvalue weighted by Gasteiger charge is 2.02. The molecule has 19 heavy (non-hydrogen) atoms. The lowest BCUT2D eigenvalue weighted by molar-refractivity contribution is 1.40. The van der Waals surface area contributed by atoms with E-state index in [4.69, 9.17) is 0 Å². The van der Waals surface area contributed by atoms with Crippen molar-refractivity contribution in [3.8, 4) is 0 Å². The Labute approximate surface area is 117 Å². The minimum atomic E-state index is 0.380. The lowest BCUT2D eigenvalue weighted by Gasteiger charge is -1.96. The van der Waals surface area contributed by atoms with Gasteiger partial charge < -0.3 is 0 Å². The molecule has 0 aromatic heterocycles. The second-order valence-corrected chi connectivity index (χ2v) is 2.21. The molecule has 4 heteroatoms. The molecule has 0 radical (unpaired) electrons. The summed E-state index contributed by atoms with van der Waals surface area (Å²) in [6.45, 7) is 18.5. The van der Waals surface area contributed by atoms with E-state index in [2.05, 4.69) is 39.7 Å². The van der Waals surface area contributed by atoms with Gasteiger partial charge in [-0.05, 0) is 0 Å². The van der Waals surface area contributed by atoms with Crippen molar-refractivity contribution in [3.05, 3.63) is 38.1 Å². The summed E-state index contributed by atoms with van der Waals surface area (Å²) in [6.07, 6.45) is 7.50. The van der Waals surface area contributed by atoms with E-state index in [9.17, 15) is 0 Å². The van der Waals surface area contributed by atoms with Crippen LogP contribution in [0.5, 0.6) is 0 Å². The summed E-state index contributed by atoms with van der Waals surface area (Å²) in [5, 5.41) is 0. The predicted octanol–water partition coefficient (Wildman–Crippen LogP) is 4.12. The number of hydrogen-bond acceptors (Lipinski definition) is 2. The first-order valence-corrected chi connectivity index (χ1v) is 6.26. The summed E-state index contributed by atoms with van der Waals surface area (Å²) < 4.78 is 0. The Morgan fingerprint density at radius 3 is 1.53 bits per heavy atom. The van der Waals surface area contributed by atoms with Crippen LogP contribution in [0, 0.1) is 0 Å². The topological polar surface area (TPSA) is 49.4 Å². The van der Waals surface area contributed by atoms with Gasteiger partial charge in [0.15, 0.2) is 11.7 Å². The Bertz CT molecular complexity index is 347. The van der Waals surface area contributed by atoms with Crippen molar-refractivity contribution in [2.45, 2.75) is 27.7 Å². The molecule has 0 atom stereocenters. The van der Waals surface area contributed by atoms with Gasteiger partial charge in [-0.25, -0.2) is 15.0 Å². The Balaban J connectivity index is -0.000000579. The van der Waals surface area contributed by atoms with E-state index in [1.54, 1.807) is 19.2 Å². The molecule has 0 saturated carbocycles. The smallest absolute Gasteiger partial charge is 0.197 e. The van der Waals surface area contributed by atoms with Gasteiger partial charge in [0.05, 0.1) is 0 Å². The summed E-state index contributed by atoms with van der Waals surface area (Å²) in [4.78, 5) is 15.9. The predicted molar refractivity (Wildman–Crippen MR) is 91.1 cm³/mol. The fraction of sp³-hybridized carbons (Fsp3) is 0.333. The minimum Gasteiger partial charge on any atom is -0.267 e. The van der Waals surface area contributed by atoms with Crippen molar-refractivity contribution in [1.82, 2.24) is 0 Å². The summed E-state index contributed by atoms with van der Waals surface area (Å²) in [6, 6.07) is 0. The van der Waals surface area contributed by atoms with Crippen LogP contribution in [0.15, 0.2) is 58.1 Å². The Morgan fingerprint density at radius 2 is 1.21 bits per heavy atom. The van der Waals surface area contributed by atoms with E-state index in [1.165, 1.54) is 18.6 Å². The SMILES string of the molecule is C=CC=NC(=NC)C(N=CC=C)=NC=C.CC.CC. The first kappa shape index (κ1) is 22.1. The quantitative estimate of drug-likeness (QED) is 0.542. The van der Waals surface area contributed by atoms with Crippen LogP contribution in [0.1, 0.15) is 27.7 Å². The Kier molecular flexibility index (Phi) is 24.7. The molecule has 0 amide bonds. The molecule has 106 valence electrons. The number of amidine groups is 2. The number of allylic oxidation sites excluding steroid dienone is 2. The zero-order chi connectivity index (χ0) is 15.5. The van der Waals surface area contributed by atoms with Gasteiger partial charge in [-0.3, -0.25) is 4.99 Å². The van der Waals surface area contributed by atoms with E-state index in [1.807, 2.05) is 27.7 Å². The van der Waals surface area contributed by atoms with Crippen LogP contribution >= 0.6 is 0 Å². The van der Waals surface area contributed by atoms with E-state index >= 15 is 0 Å². The van der Waals surface area contributed by atoms with Gasteiger partial charge in [-0.2, -0.15) is 0 Å². The maximum Gasteiger partial charge on any atom is 0.197 e. The molecule has 0 spiro atoms. The van der Waals surface area contributed by atoms with Crippen molar-refractivity contribution in [3.63, 3.8) is 0 Å². The first-order valence-electron chi connectivity index (χ1n) is 6.26. The molecule has 0 heterocycles. The third-order valence-electron chi connectivity index (χ3n) is 1.23. The van der Waals surface area contributed by atoms with Crippen LogP contribution in [0.2, 0.25) is 0 Å². The summed E-state index contributed by atoms with van der Waals surface area (Å²) in [5.74, 6) is 0.790. The van der Waals surface area contributed by atoms with Gasteiger partial charge in [-0.1, -0.05) is 59.6 Å². The summed E-state index contributed by atoms with van der Waals surface area (Å²) >= 11 is 0. The largest absolute Gasteiger partial charge is 0.267 e. The normalized spacial score (nSPS) is 11.2. The third-order valence-corrected chi connectivity index (χ3v) is 1.23. The second kappa shape index (κ2) is 21.2. The molecular weight excluding hydrogens is 236 g/mol. The summed E-state index contributed by atoms with van der Waals surface area (Å²) in [7, 11) is 1.61. The van der Waals surface area contributed by atoms with Crippen LogP contribution in [-0.4, -0.2) is 31.1 Å². The van der Waals surface area contributed by atoms with Gasteiger partial charge >= 0.3 is 0 Å². The average Bonchev–Trinajstić information content (AvgIpc) is 2.49. The van der Waals surface area contributed by atoms with Crippen molar-refractivity contribution < 1.29 is 0 Å². The van der Waals surface area contributed by atoms with Gasteiger partial charge in [0.25, 0.3) is 0 Å². The number of aliphatic imine (C=N–C) groups is 4. The molecule has 0 aliphatic carbocycles. The fourth-order valence-electron chi connectivity index (χ4n) is 0.697. The highest BCUT2D eigenvalue weighted by Crippen LogP contribution is 1.90. The van der Waals surface area contributed by atoms with Crippen molar-refractivity contribution >= 4 is 24.1 Å². The molecule has 0 N–H and O–H groups in total. The lowest BCUT2D eigenvalue weighted by Crippen LogP contribution is -2.09. The van der Waals surface area contributed by atoms with Crippen molar-refractivity contribution in [1.29, 1.82) is 0 Å². The molecule has 4 nitrogen and oxygen atoms in total. The van der Waals surface area contributed by atoms with E-state index in [-0.39, 0.29) is 0 Å². The molecule has 0 aromatic rings. The molecular formula is C15H26N4. The van der Waals surface area contributed by atoms with Gasteiger partial charge in [0.2, 0.25) is 0 Å². The number of hydrogen-bond donors (Lipinski definition) is 0. The molecule has 0 saturated heterocycles. The van der Waals surface area contributed by atoms with E-state index in [0.717, 1.165) is 0 Å². The monoisotopic (exact) mass is 262 g/mol. The highest BCUT2D eigenvalue weighted by atomic mass is 15.0. The lowest BCUT2D eigenvalue weighted by atomic mass is 10.5. The maximum absolute atomic E-state index is 4.01. The Hall–Kier alpha value is -2.10. The molecule has 0 fully saturated rings. The molecule has 0 unspecified atom stereocenters. The molecule has 0 bridgehead atoms. The average molecular weight is 262 g/mol. The van der Waals surface area contributed by atoms with Gasteiger partial charge in [-0.15, -0.1) is 0 Å². The molecule has 0 aliphatic rings. The fourth-order valence-corrected chi connectivity index (χ4v) is 0.697. The van der Waals surface area contributed by atoms with Crippen LogP contribution in [0.25, 0.3) is 0 Å². The van der Waals surface area contributed by atoms with Gasteiger partial charge in [0.1, 0.15) is 0 Å². The minimum absolute atomic E-state index is 0.380. The summed E-state index contributed by atoms with van der Waals surface area (Å²) in [5.41, 5.74) is 0. The zero-order valence-electron chi connectivity index (χ0n) is 12.8. The van der Waals surface area contributed by atoms with Crippen LogP contribution < -0.4 is 0 Å². The Morgan fingerprint density at radius 1 is 0.789 bits per heavy atom.